The molecule has 0 spiro atoms. The third kappa shape index (κ3) is 3.60. The van der Waals surface area contributed by atoms with Gasteiger partial charge in [0.2, 0.25) is 0 Å². The molecule has 1 fully saturated rings. The molecule has 1 aliphatic rings. The SMILES string of the molecule is C=C(C)CNC(C)(C)[C@@H]1CC[C@@H](C)C[C@H]1O. The summed E-state index contributed by atoms with van der Waals surface area (Å²) in [5.74, 6) is 1.03. The van der Waals surface area contributed by atoms with Gasteiger partial charge in [-0.05, 0) is 39.5 Å². The van der Waals surface area contributed by atoms with E-state index in [9.17, 15) is 5.11 Å². The van der Waals surface area contributed by atoms with Gasteiger partial charge in [0.05, 0.1) is 6.10 Å². The molecule has 1 aliphatic carbocycles. The van der Waals surface area contributed by atoms with Gasteiger partial charge in [-0.2, -0.15) is 0 Å². The van der Waals surface area contributed by atoms with E-state index in [1.165, 1.54) is 6.42 Å². The van der Waals surface area contributed by atoms with Crippen LogP contribution in [0, 0.1) is 11.8 Å². The van der Waals surface area contributed by atoms with Crippen LogP contribution < -0.4 is 5.32 Å². The minimum atomic E-state index is -0.156. The van der Waals surface area contributed by atoms with Crippen molar-refractivity contribution in [3.63, 3.8) is 0 Å². The smallest absolute Gasteiger partial charge is 0.0588 e. The maximum absolute atomic E-state index is 10.2. The van der Waals surface area contributed by atoms with E-state index in [-0.39, 0.29) is 11.6 Å². The van der Waals surface area contributed by atoms with Gasteiger partial charge in [-0.1, -0.05) is 25.5 Å². The van der Waals surface area contributed by atoms with Crippen molar-refractivity contribution >= 4 is 0 Å². The van der Waals surface area contributed by atoms with Crippen molar-refractivity contribution in [3.05, 3.63) is 12.2 Å². The number of rotatable bonds is 4. The Morgan fingerprint density at radius 2 is 2.06 bits per heavy atom. The summed E-state index contributed by atoms with van der Waals surface area (Å²) >= 11 is 0. The minimum Gasteiger partial charge on any atom is -0.393 e. The van der Waals surface area contributed by atoms with Gasteiger partial charge in [0.15, 0.2) is 0 Å². The summed E-state index contributed by atoms with van der Waals surface area (Å²) in [5.41, 5.74) is 1.14. The molecule has 0 aromatic carbocycles. The van der Waals surface area contributed by atoms with Crippen LogP contribution in [0.1, 0.15) is 47.0 Å². The van der Waals surface area contributed by atoms with Gasteiger partial charge >= 0.3 is 0 Å². The van der Waals surface area contributed by atoms with E-state index in [1.807, 2.05) is 6.92 Å². The van der Waals surface area contributed by atoms with Gasteiger partial charge in [0, 0.05) is 18.0 Å². The summed E-state index contributed by atoms with van der Waals surface area (Å²) in [6, 6.07) is 0. The number of hydrogen-bond donors (Lipinski definition) is 2. The molecule has 0 aromatic rings. The van der Waals surface area contributed by atoms with Crippen LogP contribution in [0.15, 0.2) is 12.2 Å². The summed E-state index contributed by atoms with van der Waals surface area (Å²) in [4.78, 5) is 0. The molecule has 1 saturated carbocycles. The Hall–Kier alpha value is -0.340. The number of aliphatic hydroxyl groups is 1. The monoisotopic (exact) mass is 225 g/mol. The van der Waals surface area contributed by atoms with E-state index in [2.05, 4.69) is 32.7 Å². The summed E-state index contributed by atoms with van der Waals surface area (Å²) < 4.78 is 0. The topological polar surface area (TPSA) is 32.3 Å². The Morgan fingerprint density at radius 1 is 1.44 bits per heavy atom. The van der Waals surface area contributed by atoms with Crippen LogP contribution in [0.2, 0.25) is 0 Å². The summed E-state index contributed by atoms with van der Waals surface area (Å²) in [6.07, 6.45) is 3.15. The first kappa shape index (κ1) is 13.7. The van der Waals surface area contributed by atoms with E-state index >= 15 is 0 Å². The van der Waals surface area contributed by atoms with E-state index < -0.39 is 0 Å². The van der Waals surface area contributed by atoms with Crippen LogP contribution in [0.25, 0.3) is 0 Å². The predicted octanol–water partition coefficient (Wildman–Crippen LogP) is 2.73. The third-order valence-corrected chi connectivity index (χ3v) is 3.85. The lowest BCUT2D eigenvalue weighted by Gasteiger charge is -2.42. The lowest BCUT2D eigenvalue weighted by atomic mass is 9.72. The second kappa shape index (κ2) is 5.33. The average Bonchev–Trinajstić information content (AvgIpc) is 2.14. The molecule has 0 aromatic heterocycles. The van der Waals surface area contributed by atoms with Crippen LogP contribution in [0.5, 0.6) is 0 Å². The molecular weight excluding hydrogens is 198 g/mol. The molecule has 1 rings (SSSR count). The highest BCUT2D eigenvalue weighted by atomic mass is 16.3. The van der Waals surface area contributed by atoms with Crippen LogP contribution in [-0.4, -0.2) is 23.3 Å². The van der Waals surface area contributed by atoms with Gasteiger partial charge in [0.25, 0.3) is 0 Å². The molecule has 0 unspecified atom stereocenters. The third-order valence-electron chi connectivity index (χ3n) is 3.85. The normalized spacial score (nSPS) is 31.4. The second-order valence-corrected chi connectivity index (χ2v) is 6.12. The molecule has 2 N–H and O–H groups in total. The average molecular weight is 225 g/mol. The fourth-order valence-corrected chi connectivity index (χ4v) is 2.70. The highest BCUT2D eigenvalue weighted by Gasteiger charge is 2.37. The zero-order chi connectivity index (χ0) is 12.3. The van der Waals surface area contributed by atoms with Gasteiger partial charge in [0.1, 0.15) is 0 Å². The highest BCUT2D eigenvalue weighted by molar-refractivity contribution is 4.98. The van der Waals surface area contributed by atoms with Crippen molar-refractivity contribution in [2.24, 2.45) is 11.8 Å². The first-order chi connectivity index (χ1) is 7.33. The van der Waals surface area contributed by atoms with E-state index in [1.54, 1.807) is 0 Å². The summed E-state index contributed by atoms with van der Waals surface area (Å²) in [6.45, 7) is 13.4. The number of aliphatic hydroxyl groups excluding tert-OH is 1. The molecule has 0 radical (unpaired) electrons. The molecule has 2 nitrogen and oxygen atoms in total. The summed E-state index contributed by atoms with van der Waals surface area (Å²) in [5, 5.41) is 13.7. The van der Waals surface area contributed by atoms with Crippen LogP contribution in [0.3, 0.4) is 0 Å². The van der Waals surface area contributed by atoms with Gasteiger partial charge < -0.3 is 10.4 Å². The molecule has 0 heterocycles. The summed E-state index contributed by atoms with van der Waals surface area (Å²) in [7, 11) is 0. The fraction of sp³-hybridized carbons (Fsp3) is 0.857. The quantitative estimate of drug-likeness (QED) is 0.721. The number of nitrogens with one attached hydrogen (secondary N) is 1. The van der Waals surface area contributed by atoms with Crippen molar-refractivity contribution in [3.8, 4) is 0 Å². The van der Waals surface area contributed by atoms with Crippen LogP contribution in [0.4, 0.5) is 0 Å². The van der Waals surface area contributed by atoms with Gasteiger partial charge in [-0.3, -0.25) is 0 Å². The Balaban J connectivity index is 2.56. The lowest BCUT2D eigenvalue weighted by Crippen LogP contribution is -2.52. The molecule has 0 bridgehead atoms. The Bertz CT molecular complexity index is 247. The molecule has 16 heavy (non-hydrogen) atoms. The van der Waals surface area contributed by atoms with Crippen molar-refractivity contribution in [1.82, 2.24) is 5.32 Å². The molecule has 3 atom stereocenters. The Kier molecular flexibility index (Phi) is 4.57. The maximum Gasteiger partial charge on any atom is 0.0588 e. The zero-order valence-corrected chi connectivity index (χ0v) is 11.2. The maximum atomic E-state index is 10.2. The Morgan fingerprint density at radius 3 is 2.56 bits per heavy atom. The van der Waals surface area contributed by atoms with Crippen molar-refractivity contribution in [2.75, 3.05) is 6.54 Å². The van der Waals surface area contributed by atoms with Crippen molar-refractivity contribution in [1.29, 1.82) is 0 Å². The Labute approximate surface area is 100 Å². The van der Waals surface area contributed by atoms with Crippen molar-refractivity contribution < 1.29 is 5.11 Å². The van der Waals surface area contributed by atoms with E-state index in [4.69, 9.17) is 0 Å². The molecule has 0 amide bonds. The second-order valence-electron chi connectivity index (χ2n) is 6.12. The van der Waals surface area contributed by atoms with Gasteiger partial charge in [-0.15, -0.1) is 0 Å². The first-order valence-electron chi connectivity index (χ1n) is 6.40. The standard InChI is InChI=1S/C14H27NO/c1-10(2)9-15-14(4,5)12-7-6-11(3)8-13(12)16/h11-13,15-16H,1,6-9H2,2-5H3/t11-,12-,13-/m1/s1. The van der Waals surface area contributed by atoms with Crippen LogP contribution in [-0.2, 0) is 0 Å². The fourth-order valence-electron chi connectivity index (χ4n) is 2.70. The van der Waals surface area contributed by atoms with Crippen molar-refractivity contribution in [2.45, 2.75) is 58.6 Å². The first-order valence-corrected chi connectivity index (χ1v) is 6.40. The molecule has 0 saturated heterocycles. The van der Waals surface area contributed by atoms with E-state index in [0.717, 1.165) is 25.0 Å². The lowest BCUT2D eigenvalue weighted by molar-refractivity contribution is 0.00696. The van der Waals surface area contributed by atoms with E-state index in [0.29, 0.717) is 11.8 Å². The predicted molar refractivity (Wildman–Crippen MR) is 69.4 cm³/mol. The molecule has 0 aliphatic heterocycles. The zero-order valence-electron chi connectivity index (χ0n) is 11.2. The molecule has 2 heteroatoms. The number of hydrogen-bond acceptors (Lipinski definition) is 2. The minimum absolute atomic E-state index is 0.00148. The van der Waals surface area contributed by atoms with Gasteiger partial charge in [-0.25, -0.2) is 0 Å². The molecular formula is C14H27NO. The highest BCUT2D eigenvalue weighted by Crippen LogP contribution is 2.35. The largest absolute Gasteiger partial charge is 0.393 e. The molecule has 94 valence electrons. The van der Waals surface area contributed by atoms with Crippen LogP contribution >= 0.6 is 0 Å².